The van der Waals surface area contributed by atoms with E-state index in [-0.39, 0.29) is 18.4 Å². The van der Waals surface area contributed by atoms with Crippen molar-refractivity contribution in [3.8, 4) is 0 Å². The molecule has 0 spiro atoms. The summed E-state index contributed by atoms with van der Waals surface area (Å²) in [5.41, 5.74) is 2.27. The van der Waals surface area contributed by atoms with Crippen LogP contribution in [-0.4, -0.2) is 40.5 Å². The molecule has 2 aromatic carbocycles. The van der Waals surface area contributed by atoms with Gasteiger partial charge in [0.05, 0.1) is 0 Å². The van der Waals surface area contributed by atoms with Crippen LogP contribution < -0.4 is 10.6 Å². The molecule has 0 saturated carbocycles. The fraction of sp³-hybridized carbons (Fsp3) is 0.464. The summed E-state index contributed by atoms with van der Waals surface area (Å²) in [6.07, 6.45) is -0.684. The largest absolute Gasteiger partial charge is 0.444 e. The average molecular weight is 482 g/mol. The highest BCUT2D eigenvalue weighted by Gasteiger charge is 2.39. The second-order valence-electron chi connectivity index (χ2n) is 10.7. The van der Waals surface area contributed by atoms with E-state index in [1.165, 1.54) is 0 Å². The van der Waals surface area contributed by atoms with E-state index in [1.807, 2.05) is 83.1 Å². The zero-order valence-electron chi connectivity index (χ0n) is 22.2. The first-order valence-corrected chi connectivity index (χ1v) is 11.9. The van der Waals surface area contributed by atoms with Crippen LogP contribution in [0.4, 0.5) is 4.79 Å². The number of benzene rings is 2. The molecule has 2 rings (SSSR count). The van der Waals surface area contributed by atoms with E-state index >= 15 is 0 Å². The van der Waals surface area contributed by atoms with Crippen molar-refractivity contribution < 1.29 is 19.1 Å². The number of carbonyl (C=O) groups excluding carboxylic acids is 3. The molecule has 3 amide bonds. The Labute approximate surface area is 209 Å². The first kappa shape index (κ1) is 27.9. The standard InChI is InChI=1S/C28H39N3O4/c1-19-13-12-16-22(20(19)2)24(25(33)29-17-21-14-10-9-11-15-21)31(27(3,4)5)23(32)18-30-26(34)35-28(6,7)8/h9-16,24H,17-18H2,1-8H3,(H,29,33)(H,30,34). The number of rotatable bonds is 7. The molecule has 2 aromatic rings. The minimum atomic E-state index is -0.883. The topological polar surface area (TPSA) is 87.7 Å². The van der Waals surface area contributed by atoms with E-state index in [0.29, 0.717) is 6.54 Å². The van der Waals surface area contributed by atoms with Gasteiger partial charge in [0.15, 0.2) is 0 Å². The third-order valence-corrected chi connectivity index (χ3v) is 5.53. The van der Waals surface area contributed by atoms with E-state index in [1.54, 1.807) is 25.7 Å². The first-order valence-electron chi connectivity index (χ1n) is 11.9. The van der Waals surface area contributed by atoms with Crippen LogP contribution in [0, 0.1) is 13.8 Å². The van der Waals surface area contributed by atoms with Crippen molar-refractivity contribution >= 4 is 17.9 Å². The van der Waals surface area contributed by atoms with Crippen LogP contribution in [0.25, 0.3) is 0 Å². The summed E-state index contributed by atoms with van der Waals surface area (Å²) < 4.78 is 5.27. The Morgan fingerprint density at radius 1 is 0.886 bits per heavy atom. The van der Waals surface area contributed by atoms with Crippen molar-refractivity contribution in [3.05, 3.63) is 70.8 Å². The zero-order valence-corrected chi connectivity index (χ0v) is 22.2. The van der Waals surface area contributed by atoms with Crippen molar-refractivity contribution in [3.63, 3.8) is 0 Å². The number of hydrogen-bond acceptors (Lipinski definition) is 4. The van der Waals surface area contributed by atoms with Gasteiger partial charge in [0.2, 0.25) is 11.8 Å². The van der Waals surface area contributed by atoms with Crippen LogP contribution in [0.2, 0.25) is 0 Å². The number of amides is 3. The van der Waals surface area contributed by atoms with E-state index in [0.717, 1.165) is 22.3 Å². The van der Waals surface area contributed by atoms with Gasteiger partial charge in [-0.2, -0.15) is 0 Å². The Balaban J connectivity index is 2.40. The molecule has 1 atom stereocenters. The molecule has 0 aromatic heterocycles. The van der Waals surface area contributed by atoms with Gasteiger partial charge in [-0.05, 0) is 77.6 Å². The second-order valence-corrected chi connectivity index (χ2v) is 10.7. The molecule has 1 unspecified atom stereocenters. The molecule has 0 aliphatic heterocycles. The van der Waals surface area contributed by atoms with Crippen molar-refractivity contribution in [1.82, 2.24) is 15.5 Å². The number of nitrogens with one attached hydrogen (secondary N) is 2. The van der Waals surface area contributed by atoms with E-state index in [4.69, 9.17) is 4.74 Å². The number of carbonyl (C=O) groups is 3. The summed E-state index contributed by atoms with van der Waals surface area (Å²) in [7, 11) is 0. The molecule has 0 saturated heterocycles. The Kier molecular flexibility index (Phi) is 9.07. The summed E-state index contributed by atoms with van der Waals surface area (Å²) in [4.78, 5) is 40.9. The van der Waals surface area contributed by atoms with Crippen molar-refractivity contribution in [2.45, 2.75) is 79.1 Å². The molecule has 0 radical (unpaired) electrons. The van der Waals surface area contributed by atoms with Crippen LogP contribution in [0.1, 0.15) is 69.8 Å². The Morgan fingerprint density at radius 2 is 1.51 bits per heavy atom. The fourth-order valence-corrected chi connectivity index (χ4v) is 3.80. The van der Waals surface area contributed by atoms with E-state index < -0.39 is 23.3 Å². The van der Waals surface area contributed by atoms with Crippen molar-refractivity contribution in [1.29, 1.82) is 0 Å². The molecule has 7 nitrogen and oxygen atoms in total. The molecule has 0 bridgehead atoms. The quantitative estimate of drug-likeness (QED) is 0.594. The summed E-state index contributed by atoms with van der Waals surface area (Å²) in [5.74, 6) is -0.674. The molecule has 0 aliphatic carbocycles. The number of ether oxygens (including phenoxy) is 1. The monoisotopic (exact) mass is 481 g/mol. The minimum Gasteiger partial charge on any atom is -0.444 e. The van der Waals surface area contributed by atoms with Gasteiger partial charge in [-0.1, -0.05) is 48.5 Å². The lowest BCUT2D eigenvalue weighted by molar-refractivity contribution is -0.146. The lowest BCUT2D eigenvalue weighted by Crippen LogP contribution is -2.55. The maximum absolute atomic E-state index is 13.7. The summed E-state index contributed by atoms with van der Waals surface area (Å²) in [6.45, 7) is 14.9. The Bertz CT molecular complexity index is 1040. The van der Waals surface area contributed by atoms with Crippen LogP contribution in [0.15, 0.2) is 48.5 Å². The van der Waals surface area contributed by atoms with Crippen molar-refractivity contribution in [2.24, 2.45) is 0 Å². The predicted molar refractivity (Wildman–Crippen MR) is 138 cm³/mol. The second kappa shape index (κ2) is 11.4. The predicted octanol–water partition coefficient (Wildman–Crippen LogP) is 4.81. The molecule has 0 aliphatic rings. The van der Waals surface area contributed by atoms with Gasteiger partial charge >= 0.3 is 6.09 Å². The van der Waals surface area contributed by atoms with Gasteiger partial charge in [0.1, 0.15) is 18.2 Å². The number of alkyl carbamates (subject to hydrolysis) is 1. The van der Waals surface area contributed by atoms with Gasteiger partial charge in [-0.3, -0.25) is 9.59 Å². The van der Waals surface area contributed by atoms with Crippen molar-refractivity contribution in [2.75, 3.05) is 6.54 Å². The molecular formula is C28H39N3O4. The third-order valence-electron chi connectivity index (χ3n) is 5.53. The molecule has 190 valence electrons. The highest BCUT2D eigenvalue weighted by atomic mass is 16.6. The third kappa shape index (κ3) is 8.12. The maximum atomic E-state index is 13.7. The smallest absolute Gasteiger partial charge is 0.408 e. The first-order chi connectivity index (χ1) is 16.2. The summed E-state index contributed by atoms with van der Waals surface area (Å²) in [6, 6.07) is 14.5. The minimum absolute atomic E-state index is 0.289. The SMILES string of the molecule is Cc1cccc(C(C(=O)NCc2ccccc2)N(C(=O)CNC(=O)OC(C)(C)C)C(C)(C)C)c1C. The number of nitrogens with zero attached hydrogens (tertiary/aromatic N) is 1. The van der Waals surface area contributed by atoms with Gasteiger partial charge in [-0.25, -0.2) is 4.79 Å². The summed E-state index contributed by atoms with van der Waals surface area (Å²) >= 11 is 0. The van der Waals surface area contributed by atoms with Crippen LogP contribution in [-0.2, 0) is 20.9 Å². The molecule has 0 fully saturated rings. The zero-order chi connectivity index (χ0) is 26.4. The molecule has 7 heteroatoms. The van der Waals surface area contributed by atoms with Gasteiger partial charge in [-0.15, -0.1) is 0 Å². The molecular weight excluding hydrogens is 442 g/mol. The normalized spacial score (nSPS) is 12.5. The average Bonchev–Trinajstić information content (AvgIpc) is 2.75. The summed E-state index contributed by atoms with van der Waals surface area (Å²) in [5, 5.41) is 5.54. The van der Waals surface area contributed by atoms with E-state index in [2.05, 4.69) is 10.6 Å². The van der Waals surface area contributed by atoms with Gasteiger partial charge in [0.25, 0.3) is 0 Å². The Morgan fingerprint density at radius 3 is 2.09 bits per heavy atom. The van der Waals surface area contributed by atoms with Crippen LogP contribution >= 0.6 is 0 Å². The molecule has 35 heavy (non-hydrogen) atoms. The van der Waals surface area contributed by atoms with Gasteiger partial charge in [0, 0.05) is 12.1 Å². The molecule has 2 N–H and O–H groups in total. The number of hydrogen-bond donors (Lipinski definition) is 2. The lowest BCUT2D eigenvalue weighted by atomic mass is 9.92. The molecule has 0 heterocycles. The maximum Gasteiger partial charge on any atom is 0.408 e. The Hall–Kier alpha value is -3.35. The van der Waals surface area contributed by atoms with E-state index in [9.17, 15) is 14.4 Å². The van der Waals surface area contributed by atoms with Gasteiger partial charge < -0.3 is 20.3 Å². The highest BCUT2D eigenvalue weighted by Crippen LogP contribution is 2.32. The van der Waals surface area contributed by atoms with Crippen LogP contribution in [0.3, 0.4) is 0 Å². The van der Waals surface area contributed by atoms with Crippen LogP contribution in [0.5, 0.6) is 0 Å². The highest BCUT2D eigenvalue weighted by molar-refractivity contribution is 5.91. The number of aryl methyl sites for hydroxylation is 1. The lowest BCUT2D eigenvalue weighted by Gasteiger charge is -2.42. The fourth-order valence-electron chi connectivity index (χ4n) is 3.80.